The van der Waals surface area contributed by atoms with Crippen molar-refractivity contribution in [2.75, 3.05) is 0 Å². The lowest BCUT2D eigenvalue weighted by molar-refractivity contribution is 0.657. The summed E-state index contributed by atoms with van der Waals surface area (Å²) >= 11 is 0. The summed E-state index contributed by atoms with van der Waals surface area (Å²) in [6.45, 7) is 9.59. The number of hydrogen-bond acceptors (Lipinski definition) is 2. The number of furan rings is 2. The molecular formula is C110H70O2. The van der Waals surface area contributed by atoms with Crippen LogP contribution in [0.1, 0.15) is 49.9 Å². The Bertz CT molecular complexity index is 7910. The Morgan fingerprint density at radius 3 is 1.05 bits per heavy atom. The normalized spacial score (nSPS) is 13.5. The molecule has 22 aromatic rings. The Hall–Kier alpha value is -13.9. The molecule has 112 heavy (non-hydrogen) atoms. The van der Waals surface area contributed by atoms with E-state index >= 15 is 0 Å². The lowest BCUT2D eigenvalue weighted by atomic mass is 9.79. The van der Waals surface area contributed by atoms with E-state index in [4.69, 9.17) is 8.83 Å². The third-order valence-corrected chi connectivity index (χ3v) is 25.8. The Labute approximate surface area is 647 Å². The average molecular weight is 1420 g/mol. The zero-order valence-electron chi connectivity index (χ0n) is 62.3. The van der Waals surface area contributed by atoms with Crippen molar-refractivity contribution < 1.29 is 8.83 Å². The van der Waals surface area contributed by atoms with Crippen molar-refractivity contribution in [3.8, 4) is 100 Å². The van der Waals surface area contributed by atoms with Crippen molar-refractivity contribution >= 4 is 130 Å². The van der Waals surface area contributed by atoms with Crippen LogP contribution in [0.5, 0.6) is 0 Å². The molecule has 522 valence electrons. The van der Waals surface area contributed by atoms with Crippen LogP contribution in [0.15, 0.2) is 361 Å². The second kappa shape index (κ2) is 23.3. The molecule has 2 aliphatic carbocycles. The average Bonchev–Trinajstić information content (AvgIpc) is 1.51. The highest BCUT2D eigenvalue weighted by molar-refractivity contribution is 6.28. The second-order valence-corrected chi connectivity index (χ2v) is 32.3. The van der Waals surface area contributed by atoms with Gasteiger partial charge in [-0.15, -0.1) is 0 Å². The molecule has 0 saturated carbocycles. The Kier molecular flexibility index (Phi) is 13.1. The van der Waals surface area contributed by atoms with Gasteiger partial charge in [-0.25, -0.2) is 0 Å². The third kappa shape index (κ3) is 8.81. The Morgan fingerprint density at radius 1 is 0.188 bits per heavy atom. The van der Waals surface area contributed by atoms with Gasteiger partial charge in [-0.2, -0.15) is 0 Å². The molecule has 0 fully saturated rings. The first-order valence-electron chi connectivity index (χ1n) is 39.3. The van der Waals surface area contributed by atoms with Gasteiger partial charge in [0, 0.05) is 43.1 Å². The van der Waals surface area contributed by atoms with E-state index in [1.54, 1.807) is 0 Å². The van der Waals surface area contributed by atoms with Gasteiger partial charge in [-0.3, -0.25) is 0 Å². The first kappa shape index (κ1) is 63.1. The smallest absolute Gasteiger partial charge is 0.143 e. The fraction of sp³-hybridized carbons (Fsp3) is 0.0545. The molecule has 2 heteroatoms. The largest absolute Gasteiger partial charge is 0.455 e. The fourth-order valence-electron chi connectivity index (χ4n) is 20.7. The van der Waals surface area contributed by atoms with Gasteiger partial charge in [0.15, 0.2) is 0 Å². The van der Waals surface area contributed by atoms with Crippen LogP contribution in [0, 0.1) is 0 Å². The van der Waals surface area contributed by atoms with Crippen molar-refractivity contribution in [1.29, 1.82) is 0 Å². The van der Waals surface area contributed by atoms with Crippen molar-refractivity contribution in [2.24, 2.45) is 0 Å². The van der Waals surface area contributed by atoms with E-state index < -0.39 is 0 Å². The van der Waals surface area contributed by atoms with E-state index in [0.29, 0.717) is 0 Å². The molecule has 0 saturated heterocycles. The van der Waals surface area contributed by atoms with Gasteiger partial charge in [0.1, 0.15) is 22.3 Å². The van der Waals surface area contributed by atoms with Crippen LogP contribution in [0.25, 0.3) is 230 Å². The van der Waals surface area contributed by atoms with Crippen LogP contribution in [-0.4, -0.2) is 0 Å². The minimum absolute atomic E-state index is 0.248. The second-order valence-electron chi connectivity index (χ2n) is 32.3. The molecule has 0 bridgehead atoms. The number of benzene rings is 20. The van der Waals surface area contributed by atoms with E-state index in [1.165, 1.54) is 208 Å². The maximum Gasteiger partial charge on any atom is 0.143 e. The van der Waals surface area contributed by atoms with Gasteiger partial charge in [-0.1, -0.05) is 331 Å². The molecule has 2 aliphatic rings. The standard InChI is InChI=1S/C110H70O2/c1-109(2)94-56-58-97-104(90-49-39-63-23-11-13-29-73(63)107(90)111-97)103(94)89-48-44-70(62-96(89)109)72-52-54-85(78-34-18-16-32-76(72)78)102-83-38-22-20-36-81(83)100(66-27-9-6-10-28-66)93-60-68(42-47-87(93)102)67-41-46-86-92(59-67)99(65-25-7-5-8-26-65)80-35-19-21-37-82(80)101(86)84-53-51-71(75-31-15-17-33-77(75)84)69-43-45-79-88-55-57-98-105(106(88)110(3,4)95(79)61-69)91-50-40-64-24-12-14-30-74(64)108(91)112-98/h5-62H,1-4H3. The van der Waals surface area contributed by atoms with Crippen LogP contribution < -0.4 is 0 Å². The quantitative estimate of drug-likeness (QED) is 0.149. The van der Waals surface area contributed by atoms with E-state index in [9.17, 15) is 0 Å². The summed E-state index contributed by atoms with van der Waals surface area (Å²) < 4.78 is 13.6. The summed E-state index contributed by atoms with van der Waals surface area (Å²) in [5.74, 6) is 0. The maximum absolute atomic E-state index is 6.79. The van der Waals surface area contributed by atoms with E-state index in [1.807, 2.05) is 0 Å². The highest BCUT2D eigenvalue weighted by atomic mass is 16.3. The van der Waals surface area contributed by atoms with Gasteiger partial charge < -0.3 is 8.83 Å². The van der Waals surface area contributed by atoms with Crippen LogP contribution in [-0.2, 0) is 10.8 Å². The van der Waals surface area contributed by atoms with E-state index in [2.05, 4.69) is 380 Å². The molecule has 0 atom stereocenters. The monoisotopic (exact) mass is 1420 g/mol. The summed E-state index contributed by atoms with van der Waals surface area (Å²) in [7, 11) is 0. The first-order chi connectivity index (χ1) is 55.1. The number of rotatable bonds is 7. The fourth-order valence-corrected chi connectivity index (χ4v) is 20.7. The summed E-state index contributed by atoms with van der Waals surface area (Å²) in [6, 6.07) is 132. The van der Waals surface area contributed by atoms with Crippen molar-refractivity contribution in [1.82, 2.24) is 0 Å². The zero-order valence-corrected chi connectivity index (χ0v) is 62.3. The van der Waals surface area contributed by atoms with Crippen molar-refractivity contribution in [3.63, 3.8) is 0 Å². The zero-order chi connectivity index (χ0) is 74.0. The number of fused-ring (bicyclic) bond motifs is 24. The highest BCUT2D eigenvalue weighted by Crippen LogP contribution is 2.58. The van der Waals surface area contributed by atoms with Crippen LogP contribution >= 0.6 is 0 Å². The van der Waals surface area contributed by atoms with E-state index in [-0.39, 0.29) is 10.8 Å². The summed E-state index contributed by atoms with van der Waals surface area (Å²) in [6.07, 6.45) is 0. The molecule has 2 nitrogen and oxygen atoms in total. The molecule has 0 N–H and O–H groups in total. The molecule has 20 aromatic carbocycles. The Balaban J connectivity index is 0.657. The van der Waals surface area contributed by atoms with Crippen LogP contribution in [0.2, 0.25) is 0 Å². The maximum atomic E-state index is 6.79. The van der Waals surface area contributed by atoms with E-state index in [0.717, 1.165) is 44.2 Å². The topological polar surface area (TPSA) is 26.3 Å². The number of hydrogen-bond donors (Lipinski definition) is 0. The molecule has 2 heterocycles. The molecule has 24 rings (SSSR count). The molecule has 0 spiro atoms. The molecule has 0 aliphatic heterocycles. The van der Waals surface area contributed by atoms with Crippen molar-refractivity contribution in [3.05, 3.63) is 374 Å². The first-order valence-corrected chi connectivity index (χ1v) is 39.3. The predicted molar refractivity (Wildman–Crippen MR) is 474 cm³/mol. The lowest BCUT2D eigenvalue weighted by Crippen LogP contribution is -2.15. The molecule has 0 unspecified atom stereocenters. The lowest BCUT2D eigenvalue weighted by Gasteiger charge is -2.23. The summed E-state index contributed by atoms with van der Waals surface area (Å²) in [4.78, 5) is 0. The minimum atomic E-state index is -0.296. The molecular weight excluding hydrogens is 1350 g/mol. The van der Waals surface area contributed by atoms with Crippen LogP contribution in [0.3, 0.4) is 0 Å². The predicted octanol–water partition coefficient (Wildman–Crippen LogP) is 31.0. The summed E-state index contributed by atoms with van der Waals surface area (Å²) in [5.41, 5.74) is 30.6. The van der Waals surface area contributed by atoms with Gasteiger partial charge in [0.05, 0.1) is 0 Å². The van der Waals surface area contributed by atoms with Gasteiger partial charge in [-0.05, 0) is 246 Å². The molecule has 0 radical (unpaired) electrons. The highest BCUT2D eigenvalue weighted by Gasteiger charge is 2.41. The van der Waals surface area contributed by atoms with Gasteiger partial charge >= 0.3 is 0 Å². The Morgan fingerprint density at radius 2 is 0.545 bits per heavy atom. The van der Waals surface area contributed by atoms with Gasteiger partial charge in [0.25, 0.3) is 0 Å². The van der Waals surface area contributed by atoms with Crippen molar-refractivity contribution in [2.45, 2.75) is 38.5 Å². The molecule has 0 amide bonds. The minimum Gasteiger partial charge on any atom is -0.455 e. The molecule has 2 aromatic heterocycles. The summed E-state index contributed by atoms with van der Waals surface area (Å²) in [5, 5.41) is 24.0. The van der Waals surface area contributed by atoms with Crippen LogP contribution in [0.4, 0.5) is 0 Å². The SMILES string of the molecule is CC1(C)c2cc(-c3ccc(-c4c5ccccc5c(-c5ccccc5)c5cc(-c6ccc7c(-c8ccc(-c9ccc%10c(c9)C(C)(C)c9c-%10ccc%10oc%11c%12ccccc%12ccc%11c9%10)c9ccccc89)c8ccccc8c(-c8ccccc8)c7c6)ccc45)c4ccccc34)ccc2-c2c1ccc1oc3c4ccccc4ccc3c21. The third-order valence-electron chi connectivity index (χ3n) is 25.8. The van der Waals surface area contributed by atoms with Gasteiger partial charge in [0.2, 0.25) is 0 Å².